The summed E-state index contributed by atoms with van der Waals surface area (Å²) in [7, 11) is -2.23. The molecule has 7 nitrogen and oxygen atoms in total. The largest absolute Gasteiger partial charge is 0.392 e. The Bertz CT molecular complexity index is 483. The van der Waals surface area contributed by atoms with Crippen molar-refractivity contribution in [3.8, 4) is 0 Å². The van der Waals surface area contributed by atoms with Crippen molar-refractivity contribution in [2.45, 2.75) is 25.5 Å². The first-order chi connectivity index (χ1) is 8.45. The van der Waals surface area contributed by atoms with Crippen LogP contribution < -0.4 is 0 Å². The Labute approximate surface area is 107 Å². The average Bonchev–Trinajstić information content (AvgIpc) is 2.71. The molecule has 0 aliphatic carbocycles. The van der Waals surface area contributed by atoms with Crippen LogP contribution in [-0.2, 0) is 21.4 Å². The van der Waals surface area contributed by atoms with Gasteiger partial charge in [0, 0.05) is 31.5 Å². The minimum atomic E-state index is -3.69. The average molecular weight is 277 g/mol. The number of ether oxygens (including phenoxy) is 1. The Morgan fingerprint density at radius 2 is 2.17 bits per heavy atom. The van der Waals surface area contributed by atoms with E-state index in [4.69, 9.17) is 4.74 Å². The molecule has 1 rings (SSSR count). The van der Waals surface area contributed by atoms with Crippen LogP contribution >= 0.6 is 0 Å². The van der Waals surface area contributed by atoms with E-state index in [9.17, 15) is 13.5 Å². The van der Waals surface area contributed by atoms with Crippen LogP contribution in [0.3, 0.4) is 0 Å². The fourth-order valence-corrected chi connectivity index (χ4v) is 2.73. The van der Waals surface area contributed by atoms with Crippen molar-refractivity contribution in [2.24, 2.45) is 0 Å². The van der Waals surface area contributed by atoms with E-state index in [1.54, 1.807) is 6.92 Å². The maximum atomic E-state index is 12.2. The normalized spacial score (nSPS) is 12.3. The first-order valence-electron chi connectivity index (χ1n) is 5.63. The maximum absolute atomic E-state index is 12.2. The molecular weight excluding hydrogens is 258 g/mol. The molecule has 0 fully saturated rings. The van der Waals surface area contributed by atoms with E-state index in [-0.39, 0.29) is 18.2 Å². The highest BCUT2D eigenvalue weighted by molar-refractivity contribution is 7.89. The molecule has 104 valence electrons. The molecule has 0 bridgehead atoms. The van der Waals surface area contributed by atoms with Crippen LogP contribution in [0.2, 0.25) is 0 Å². The van der Waals surface area contributed by atoms with Gasteiger partial charge in [-0.3, -0.25) is 5.10 Å². The Balaban J connectivity index is 2.91. The lowest BCUT2D eigenvalue weighted by molar-refractivity contribution is 0.138. The van der Waals surface area contributed by atoms with Gasteiger partial charge in [-0.2, -0.15) is 9.40 Å². The first kappa shape index (κ1) is 15.1. The van der Waals surface area contributed by atoms with Crippen molar-refractivity contribution in [2.75, 3.05) is 26.8 Å². The lowest BCUT2D eigenvalue weighted by Gasteiger charge is -2.16. The molecule has 0 amide bonds. The number of sulfonamides is 1. The van der Waals surface area contributed by atoms with E-state index in [1.807, 2.05) is 6.92 Å². The molecule has 0 unspecified atom stereocenters. The second kappa shape index (κ2) is 6.28. The zero-order valence-electron chi connectivity index (χ0n) is 10.8. The van der Waals surface area contributed by atoms with Gasteiger partial charge in [0.15, 0.2) is 5.03 Å². The lowest BCUT2D eigenvalue weighted by atomic mass is 10.3. The standard InChI is InChI=1S/C10H19N3O4S/c1-4-17-6-5-13(3)18(15,16)10-9(7-14)8(2)11-12-10/h14H,4-7H2,1-3H3,(H,11,12). The number of nitrogens with one attached hydrogen (secondary N) is 1. The molecular formula is C10H19N3O4S. The number of aromatic amines is 1. The summed E-state index contributed by atoms with van der Waals surface area (Å²) in [5.41, 5.74) is 0.854. The molecule has 8 heteroatoms. The summed E-state index contributed by atoms with van der Waals surface area (Å²) in [4.78, 5) is 0. The van der Waals surface area contributed by atoms with E-state index in [1.165, 1.54) is 7.05 Å². The molecule has 0 saturated heterocycles. The summed E-state index contributed by atoms with van der Waals surface area (Å²) >= 11 is 0. The Hall–Kier alpha value is -0.960. The van der Waals surface area contributed by atoms with Gasteiger partial charge in [-0.1, -0.05) is 0 Å². The molecule has 1 heterocycles. The molecule has 2 N–H and O–H groups in total. The monoisotopic (exact) mass is 277 g/mol. The van der Waals surface area contributed by atoms with E-state index >= 15 is 0 Å². The third kappa shape index (κ3) is 3.08. The molecule has 1 aromatic rings. The third-order valence-electron chi connectivity index (χ3n) is 2.60. The minimum absolute atomic E-state index is 0.124. The number of rotatable bonds is 7. The second-order valence-corrected chi connectivity index (χ2v) is 5.77. The van der Waals surface area contributed by atoms with Crippen molar-refractivity contribution in [3.63, 3.8) is 0 Å². The molecule has 0 spiro atoms. The number of aryl methyl sites for hydroxylation is 1. The van der Waals surface area contributed by atoms with Crippen molar-refractivity contribution in [3.05, 3.63) is 11.3 Å². The van der Waals surface area contributed by atoms with Gasteiger partial charge in [0.05, 0.1) is 13.2 Å². The number of aliphatic hydroxyl groups excluding tert-OH is 1. The zero-order valence-corrected chi connectivity index (χ0v) is 11.6. The summed E-state index contributed by atoms with van der Waals surface area (Å²) in [5, 5.41) is 15.4. The summed E-state index contributed by atoms with van der Waals surface area (Å²) in [6.07, 6.45) is 0. The predicted molar refractivity (Wildman–Crippen MR) is 65.6 cm³/mol. The van der Waals surface area contributed by atoms with Gasteiger partial charge < -0.3 is 9.84 Å². The van der Waals surface area contributed by atoms with E-state index in [2.05, 4.69) is 10.2 Å². The molecule has 0 saturated carbocycles. The Kier molecular flexibility index (Phi) is 5.27. The lowest BCUT2D eigenvalue weighted by Crippen LogP contribution is -2.31. The maximum Gasteiger partial charge on any atom is 0.262 e. The molecule has 1 aromatic heterocycles. The highest BCUT2D eigenvalue weighted by Crippen LogP contribution is 2.19. The Morgan fingerprint density at radius 1 is 1.50 bits per heavy atom. The van der Waals surface area contributed by atoms with Gasteiger partial charge in [0.1, 0.15) is 0 Å². The highest BCUT2D eigenvalue weighted by atomic mass is 32.2. The van der Waals surface area contributed by atoms with Gasteiger partial charge in [-0.05, 0) is 13.8 Å². The topological polar surface area (TPSA) is 95.5 Å². The van der Waals surface area contributed by atoms with Crippen molar-refractivity contribution in [1.29, 1.82) is 0 Å². The zero-order chi connectivity index (χ0) is 13.8. The number of aliphatic hydroxyl groups is 1. The number of hydrogen-bond donors (Lipinski definition) is 2. The molecule has 0 aliphatic rings. The number of aromatic nitrogens is 2. The summed E-state index contributed by atoms with van der Waals surface area (Å²) in [6.45, 7) is 4.25. The smallest absolute Gasteiger partial charge is 0.262 e. The van der Waals surface area contributed by atoms with Crippen LogP contribution in [0.5, 0.6) is 0 Å². The van der Waals surface area contributed by atoms with Gasteiger partial charge in [-0.15, -0.1) is 0 Å². The predicted octanol–water partition coefficient (Wildman–Crippen LogP) is -0.133. The SMILES string of the molecule is CCOCCN(C)S(=O)(=O)c1n[nH]c(C)c1CO. The van der Waals surface area contributed by atoms with Gasteiger partial charge in [0.2, 0.25) is 0 Å². The first-order valence-corrected chi connectivity index (χ1v) is 7.07. The summed E-state index contributed by atoms with van der Waals surface area (Å²) in [6, 6.07) is 0. The Morgan fingerprint density at radius 3 is 2.72 bits per heavy atom. The number of hydrogen-bond acceptors (Lipinski definition) is 5. The summed E-state index contributed by atoms with van der Waals surface area (Å²) < 4.78 is 30.7. The molecule has 18 heavy (non-hydrogen) atoms. The summed E-state index contributed by atoms with van der Waals surface area (Å²) in [5.74, 6) is 0. The van der Waals surface area contributed by atoms with E-state index in [0.29, 0.717) is 24.5 Å². The second-order valence-electron chi connectivity index (χ2n) is 3.81. The van der Waals surface area contributed by atoms with Crippen LogP contribution in [0.15, 0.2) is 5.03 Å². The highest BCUT2D eigenvalue weighted by Gasteiger charge is 2.27. The molecule has 0 aliphatic heterocycles. The molecule has 0 aromatic carbocycles. The van der Waals surface area contributed by atoms with Crippen LogP contribution in [0.25, 0.3) is 0 Å². The number of likely N-dealkylation sites (N-methyl/N-ethyl adjacent to an activating group) is 1. The van der Waals surface area contributed by atoms with Crippen LogP contribution in [-0.4, -0.2) is 54.8 Å². The third-order valence-corrected chi connectivity index (χ3v) is 4.43. The number of nitrogens with zero attached hydrogens (tertiary/aromatic N) is 2. The van der Waals surface area contributed by atoms with Crippen LogP contribution in [0.1, 0.15) is 18.2 Å². The number of H-pyrrole nitrogens is 1. The van der Waals surface area contributed by atoms with Crippen molar-refractivity contribution >= 4 is 10.0 Å². The van der Waals surface area contributed by atoms with Gasteiger partial charge >= 0.3 is 0 Å². The van der Waals surface area contributed by atoms with Crippen LogP contribution in [0, 0.1) is 6.92 Å². The van der Waals surface area contributed by atoms with Gasteiger partial charge in [0.25, 0.3) is 10.0 Å². The van der Waals surface area contributed by atoms with Crippen molar-refractivity contribution < 1.29 is 18.3 Å². The fourth-order valence-electron chi connectivity index (χ4n) is 1.43. The van der Waals surface area contributed by atoms with Crippen LogP contribution in [0.4, 0.5) is 0 Å². The van der Waals surface area contributed by atoms with E-state index in [0.717, 1.165) is 4.31 Å². The fraction of sp³-hybridized carbons (Fsp3) is 0.700. The molecule has 0 radical (unpaired) electrons. The molecule has 0 atom stereocenters. The minimum Gasteiger partial charge on any atom is -0.392 e. The quantitative estimate of drug-likeness (QED) is 0.677. The van der Waals surface area contributed by atoms with Gasteiger partial charge in [-0.25, -0.2) is 8.42 Å². The van der Waals surface area contributed by atoms with Crippen molar-refractivity contribution in [1.82, 2.24) is 14.5 Å². The van der Waals surface area contributed by atoms with E-state index < -0.39 is 10.0 Å².